The van der Waals surface area contributed by atoms with Crippen molar-refractivity contribution in [2.45, 2.75) is 64.2 Å². The molecule has 1 aliphatic heterocycles. The van der Waals surface area contributed by atoms with Gasteiger partial charge in [-0.05, 0) is 38.9 Å². The van der Waals surface area contributed by atoms with Crippen molar-refractivity contribution in [3.63, 3.8) is 0 Å². The van der Waals surface area contributed by atoms with Gasteiger partial charge >= 0.3 is 0 Å². The maximum Gasteiger partial charge on any atom is 0.169 e. The minimum atomic E-state index is 0.282. The van der Waals surface area contributed by atoms with Gasteiger partial charge in [-0.15, -0.1) is 0 Å². The van der Waals surface area contributed by atoms with Crippen molar-refractivity contribution in [1.82, 2.24) is 10.2 Å². The third kappa shape index (κ3) is 3.81. The number of ether oxygens (including phenoxy) is 1. The maximum absolute atomic E-state index is 5.73. The fraction of sp³-hybridized carbons (Fsp3) is 0.923. The molecule has 1 saturated carbocycles. The molecule has 0 aromatic rings. The molecule has 0 spiro atoms. The van der Waals surface area contributed by atoms with Crippen molar-refractivity contribution in [1.29, 1.82) is 0 Å². The molecule has 1 aliphatic carbocycles. The lowest BCUT2D eigenvalue weighted by atomic mass is 9.96. The van der Waals surface area contributed by atoms with Gasteiger partial charge in [-0.25, -0.2) is 0 Å². The van der Waals surface area contributed by atoms with Gasteiger partial charge < -0.3 is 15.0 Å². The first-order valence-electron chi connectivity index (χ1n) is 6.86. The topological polar surface area (TPSA) is 24.5 Å². The third-order valence-electron chi connectivity index (χ3n) is 3.64. The summed E-state index contributed by atoms with van der Waals surface area (Å²) in [6.07, 6.45) is 7.18. The summed E-state index contributed by atoms with van der Waals surface area (Å²) in [6.45, 7) is 6.07. The lowest BCUT2D eigenvalue weighted by Crippen LogP contribution is -2.53. The minimum absolute atomic E-state index is 0.282. The third-order valence-corrected chi connectivity index (χ3v) is 4.02. The van der Waals surface area contributed by atoms with Gasteiger partial charge in [-0.3, -0.25) is 0 Å². The molecule has 2 fully saturated rings. The highest BCUT2D eigenvalue weighted by Crippen LogP contribution is 2.18. The van der Waals surface area contributed by atoms with Crippen LogP contribution >= 0.6 is 12.2 Å². The van der Waals surface area contributed by atoms with Gasteiger partial charge in [0.1, 0.15) is 0 Å². The monoisotopic (exact) mass is 256 g/mol. The number of hydrogen-bond donors (Lipinski definition) is 1. The highest BCUT2D eigenvalue weighted by Gasteiger charge is 2.25. The molecule has 1 saturated heterocycles. The van der Waals surface area contributed by atoms with E-state index in [2.05, 4.69) is 24.1 Å². The van der Waals surface area contributed by atoms with E-state index in [9.17, 15) is 0 Å². The minimum Gasteiger partial charge on any atom is -0.372 e. The fourth-order valence-electron chi connectivity index (χ4n) is 2.86. The molecule has 4 heteroatoms. The summed E-state index contributed by atoms with van der Waals surface area (Å²) >= 11 is 5.52. The summed E-state index contributed by atoms with van der Waals surface area (Å²) in [4.78, 5) is 2.27. The van der Waals surface area contributed by atoms with Gasteiger partial charge in [0.05, 0.1) is 12.2 Å². The molecule has 1 N–H and O–H groups in total. The van der Waals surface area contributed by atoms with Crippen molar-refractivity contribution < 1.29 is 4.74 Å². The summed E-state index contributed by atoms with van der Waals surface area (Å²) in [7, 11) is 0. The molecule has 2 rings (SSSR count). The van der Waals surface area contributed by atoms with Crippen LogP contribution in [0.4, 0.5) is 0 Å². The molecule has 0 amide bonds. The number of thiocarbonyl (C=S) groups is 1. The molecular formula is C13H24N2OS. The Labute approximate surface area is 110 Å². The number of hydrogen-bond acceptors (Lipinski definition) is 2. The number of nitrogens with zero attached hydrogens (tertiary/aromatic N) is 1. The Bertz CT molecular complexity index is 256. The Morgan fingerprint density at radius 3 is 2.29 bits per heavy atom. The molecular weight excluding hydrogens is 232 g/mol. The molecule has 0 aromatic carbocycles. The molecule has 17 heavy (non-hydrogen) atoms. The number of rotatable bonds is 1. The van der Waals surface area contributed by atoms with Crippen LogP contribution in [0.15, 0.2) is 0 Å². The van der Waals surface area contributed by atoms with E-state index >= 15 is 0 Å². The van der Waals surface area contributed by atoms with Crippen LogP contribution in [0.3, 0.4) is 0 Å². The lowest BCUT2D eigenvalue weighted by molar-refractivity contribution is -0.0483. The highest BCUT2D eigenvalue weighted by atomic mass is 32.1. The lowest BCUT2D eigenvalue weighted by Gasteiger charge is -2.38. The standard InChI is InChI=1S/C13H24N2OS/c1-10-8-15(9-11(2)16-10)13(17)14-12-6-4-3-5-7-12/h10-12H,3-9H2,1-2H3,(H,14,17)/t10-,11+. The molecule has 2 aliphatic rings. The fourth-order valence-corrected chi connectivity index (χ4v) is 3.17. The predicted octanol–water partition coefficient (Wildman–Crippen LogP) is 2.30. The Kier molecular flexibility index (Phi) is 4.62. The van der Waals surface area contributed by atoms with Crippen LogP contribution in [-0.4, -0.2) is 41.4 Å². The number of morpholine rings is 1. The molecule has 98 valence electrons. The first-order chi connectivity index (χ1) is 8.15. The zero-order chi connectivity index (χ0) is 12.3. The van der Waals surface area contributed by atoms with Crippen molar-refractivity contribution in [2.24, 2.45) is 0 Å². The summed E-state index contributed by atoms with van der Waals surface area (Å²) in [5.41, 5.74) is 0. The SMILES string of the molecule is C[C@@H]1CN(C(=S)NC2CCCCC2)C[C@H](C)O1. The zero-order valence-electron chi connectivity index (χ0n) is 10.9. The molecule has 0 bridgehead atoms. The van der Waals surface area contributed by atoms with Crippen molar-refractivity contribution >= 4 is 17.3 Å². The highest BCUT2D eigenvalue weighted by molar-refractivity contribution is 7.80. The van der Waals surface area contributed by atoms with E-state index in [4.69, 9.17) is 17.0 Å². The van der Waals surface area contributed by atoms with Crippen LogP contribution in [0.5, 0.6) is 0 Å². The Balaban J connectivity index is 1.81. The van der Waals surface area contributed by atoms with Crippen LogP contribution in [0, 0.1) is 0 Å². The van der Waals surface area contributed by atoms with Crippen LogP contribution in [0.1, 0.15) is 46.0 Å². The second kappa shape index (κ2) is 6.01. The molecule has 0 radical (unpaired) electrons. The molecule has 3 nitrogen and oxygen atoms in total. The van der Waals surface area contributed by atoms with Gasteiger partial charge in [0.15, 0.2) is 5.11 Å². The molecule has 0 aromatic heterocycles. The van der Waals surface area contributed by atoms with E-state index in [0.29, 0.717) is 6.04 Å². The Morgan fingerprint density at radius 1 is 1.12 bits per heavy atom. The average Bonchev–Trinajstić information content (AvgIpc) is 2.29. The summed E-state index contributed by atoms with van der Waals surface area (Å²) in [5, 5.41) is 4.46. The number of nitrogens with one attached hydrogen (secondary N) is 1. The summed E-state index contributed by atoms with van der Waals surface area (Å²) in [5.74, 6) is 0. The molecule has 2 atom stereocenters. The van der Waals surface area contributed by atoms with E-state index in [0.717, 1.165) is 18.2 Å². The second-order valence-corrected chi connectivity index (χ2v) is 5.83. The Morgan fingerprint density at radius 2 is 1.71 bits per heavy atom. The van der Waals surface area contributed by atoms with Gasteiger partial charge in [0.25, 0.3) is 0 Å². The van der Waals surface area contributed by atoms with Gasteiger partial charge in [-0.1, -0.05) is 19.3 Å². The first-order valence-corrected chi connectivity index (χ1v) is 7.27. The van der Waals surface area contributed by atoms with Crippen molar-refractivity contribution in [3.8, 4) is 0 Å². The quantitative estimate of drug-likeness (QED) is 0.728. The largest absolute Gasteiger partial charge is 0.372 e. The van der Waals surface area contributed by atoms with E-state index in [1.165, 1.54) is 32.1 Å². The zero-order valence-corrected chi connectivity index (χ0v) is 11.8. The van der Waals surface area contributed by atoms with Crippen LogP contribution in [-0.2, 0) is 4.74 Å². The van der Waals surface area contributed by atoms with E-state index < -0.39 is 0 Å². The van der Waals surface area contributed by atoms with Crippen molar-refractivity contribution in [2.75, 3.05) is 13.1 Å². The molecule has 0 unspecified atom stereocenters. The Hall–Kier alpha value is -0.350. The van der Waals surface area contributed by atoms with E-state index in [1.807, 2.05) is 0 Å². The van der Waals surface area contributed by atoms with Crippen LogP contribution < -0.4 is 5.32 Å². The van der Waals surface area contributed by atoms with Gasteiger partial charge in [0.2, 0.25) is 0 Å². The first kappa shape index (κ1) is 13.1. The van der Waals surface area contributed by atoms with Crippen LogP contribution in [0.25, 0.3) is 0 Å². The van der Waals surface area contributed by atoms with E-state index in [1.54, 1.807) is 0 Å². The van der Waals surface area contributed by atoms with Crippen molar-refractivity contribution in [3.05, 3.63) is 0 Å². The maximum atomic E-state index is 5.73. The average molecular weight is 256 g/mol. The van der Waals surface area contributed by atoms with Crippen LogP contribution in [0.2, 0.25) is 0 Å². The van der Waals surface area contributed by atoms with E-state index in [-0.39, 0.29) is 12.2 Å². The predicted molar refractivity (Wildman–Crippen MR) is 74.2 cm³/mol. The van der Waals surface area contributed by atoms with Gasteiger partial charge in [-0.2, -0.15) is 0 Å². The van der Waals surface area contributed by atoms with Gasteiger partial charge in [0, 0.05) is 19.1 Å². The summed E-state index contributed by atoms with van der Waals surface area (Å²) < 4.78 is 5.73. The second-order valence-electron chi connectivity index (χ2n) is 5.45. The molecule has 1 heterocycles. The summed E-state index contributed by atoms with van der Waals surface area (Å²) in [6, 6.07) is 0.602. The normalized spacial score (nSPS) is 31.3. The smallest absolute Gasteiger partial charge is 0.169 e.